The molecule has 0 aromatic carbocycles. The summed E-state index contributed by atoms with van der Waals surface area (Å²) in [6.45, 7) is 10.3. The van der Waals surface area contributed by atoms with Crippen molar-refractivity contribution in [1.29, 1.82) is 0 Å². The number of aliphatic hydroxyl groups excluding tert-OH is 1. The van der Waals surface area contributed by atoms with E-state index in [2.05, 4.69) is 4.98 Å². The van der Waals surface area contributed by atoms with Crippen LogP contribution in [-0.4, -0.2) is 35.0 Å². The lowest BCUT2D eigenvalue weighted by atomic mass is 9.76. The van der Waals surface area contributed by atoms with Crippen molar-refractivity contribution in [2.75, 3.05) is 6.61 Å². The summed E-state index contributed by atoms with van der Waals surface area (Å²) in [7, 11) is -0.370. The molecule has 0 amide bonds. The molecular weight excluding hydrogens is 241 g/mol. The maximum atomic E-state index is 9.01. The van der Waals surface area contributed by atoms with E-state index in [-0.39, 0.29) is 24.9 Å². The van der Waals surface area contributed by atoms with Crippen LogP contribution in [0.1, 0.15) is 39.0 Å². The third-order valence-corrected chi connectivity index (χ3v) is 4.08. The second-order valence-electron chi connectivity index (χ2n) is 6.09. The van der Waals surface area contributed by atoms with Crippen molar-refractivity contribution < 1.29 is 14.4 Å². The van der Waals surface area contributed by atoms with Gasteiger partial charge >= 0.3 is 7.12 Å². The molecule has 1 saturated heterocycles. The zero-order chi connectivity index (χ0) is 14.3. The fraction of sp³-hybridized carbons (Fsp3) is 0.643. The number of nitrogens with zero attached hydrogens (tertiary/aromatic N) is 1. The van der Waals surface area contributed by atoms with Crippen LogP contribution in [0.2, 0.25) is 0 Å². The quantitative estimate of drug-likeness (QED) is 0.833. The van der Waals surface area contributed by atoms with Crippen LogP contribution in [0.5, 0.6) is 0 Å². The van der Waals surface area contributed by atoms with Crippen molar-refractivity contribution in [2.24, 2.45) is 0 Å². The Balaban J connectivity index is 2.31. The molecule has 0 radical (unpaired) electrons. The van der Waals surface area contributed by atoms with Crippen LogP contribution < -0.4 is 5.46 Å². The first-order chi connectivity index (χ1) is 8.77. The highest BCUT2D eigenvalue weighted by molar-refractivity contribution is 6.62. The minimum absolute atomic E-state index is 0.0961. The molecule has 0 aliphatic carbocycles. The van der Waals surface area contributed by atoms with Crippen molar-refractivity contribution >= 4 is 12.6 Å². The average Bonchev–Trinajstić information content (AvgIpc) is 2.51. The van der Waals surface area contributed by atoms with Crippen LogP contribution in [-0.2, 0) is 15.7 Å². The van der Waals surface area contributed by atoms with Crippen molar-refractivity contribution in [3.8, 4) is 0 Å². The van der Waals surface area contributed by atoms with Gasteiger partial charge in [-0.3, -0.25) is 4.98 Å². The summed E-state index contributed by atoms with van der Waals surface area (Å²) in [5.41, 5.74) is 2.21. The first kappa shape index (κ1) is 14.5. The van der Waals surface area contributed by atoms with Crippen LogP contribution in [0.25, 0.3) is 0 Å². The lowest BCUT2D eigenvalue weighted by Gasteiger charge is -2.32. The van der Waals surface area contributed by atoms with Crippen LogP contribution in [0, 0.1) is 6.92 Å². The van der Waals surface area contributed by atoms with Gasteiger partial charge in [0.2, 0.25) is 0 Å². The Morgan fingerprint density at radius 2 is 1.79 bits per heavy atom. The highest BCUT2D eigenvalue weighted by atomic mass is 16.7. The molecule has 0 spiro atoms. The fourth-order valence-corrected chi connectivity index (χ4v) is 2.06. The predicted molar refractivity (Wildman–Crippen MR) is 75.5 cm³/mol. The van der Waals surface area contributed by atoms with Crippen LogP contribution in [0.15, 0.2) is 12.3 Å². The largest absolute Gasteiger partial charge is 0.495 e. The zero-order valence-electron chi connectivity index (χ0n) is 12.4. The first-order valence-corrected chi connectivity index (χ1v) is 6.69. The Hall–Kier alpha value is -0.905. The smallest absolute Gasteiger partial charge is 0.399 e. The van der Waals surface area contributed by atoms with Crippen LogP contribution >= 0.6 is 0 Å². The molecule has 1 aliphatic rings. The van der Waals surface area contributed by atoms with Gasteiger partial charge in [-0.25, -0.2) is 0 Å². The van der Waals surface area contributed by atoms with Crippen molar-refractivity contribution in [1.82, 2.24) is 4.98 Å². The monoisotopic (exact) mass is 263 g/mol. The molecule has 2 rings (SSSR count). The van der Waals surface area contributed by atoms with Gasteiger partial charge in [-0.05, 0) is 51.7 Å². The number of aryl methyl sites for hydroxylation is 1. The predicted octanol–water partition coefficient (Wildman–Crippen LogP) is 1.22. The Morgan fingerprint density at radius 3 is 2.32 bits per heavy atom. The Bertz CT molecular complexity index is 458. The van der Waals surface area contributed by atoms with Gasteiger partial charge in [-0.1, -0.05) is 0 Å². The molecule has 4 nitrogen and oxygen atoms in total. The standard InChI is InChI=1S/C14H22BNO3/c1-10-9-16-11(6-7-17)8-12(10)15-18-13(2,3)14(4,5)19-15/h8-9,17H,6-7H2,1-5H3. The molecule has 0 unspecified atom stereocenters. The molecule has 5 heteroatoms. The lowest BCUT2D eigenvalue weighted by Crippen LogP contribution is -2.41. The maximum absolute atomic E-state index is 9.01. The fourth-order valence-electron chi connectivity index (χ4n) is 2.06. The molecule has 2 heterocycles. The third kappa shape index (κ3) is 2.68. The topological polar surface area (TPSA) is 51.6 Å². The number of hydrogen-bond acceptors (Lipinski definition) is 4. The second kappa shape index (κ2) is 4.89. The van der Waals surface area contributed by atoms with Crippen molar-refractivity contribution in [3.63, 3.8) is 0 Å². The average molecular weight is 263 g/mol. The minimum Gasteiger partial charge on any atom is -0.399 e. The Morgan fingerprint density at radius 1 is 1.21 bits per heavy atom. The van der Waals surface area contributed by atoms with Gasteiger partial charge in [-0.2, -0.15) is 0 Å². The van der Waals surface area contributed by atoms with E-state index in [0.29, 0.717) is 6.42 Å². The normalized spacial score (nSPS) is 20.8. The van der Waals surface area contributed by atoms with Crippen LogP contribution in [0.3, 0.4) is 0 Å². The van der Waals surface area contributed by atoms with Gasteiger partial charge in [0.25, 0.3) is 0 Å². The molecule has 19 heavy (non-hydrogen) atoms. The van der Waals surface area contributed by atoms with E-state index in [9.17, 15) is 0 Å². The summed E-state index contributed by atoms with van der Waals surface area (Å²) in [6, 6.07) is 1.97. The Labute approximate surface area is 115 Å². The van der Waals surface area contributed by atoms with E-state index >= 15 is 0 Å². The minimum atomic E-state index is -0.370. The van der Waals surface area contributed by atoms with Gasteiger partial charge in [0.05, 0.1) is 11.2 Å². The molecule has 1 fully saturated rings. The zero-order valence-corrected chi connectivity index (χ0v) is 12.4. The van der Waals surface area contributed by atoms with E-state index in [1.165, 1.54) is 0 Å². The Kier molecular flexibility index (Phi) is 3.73. The van der Waals surface area contributed by atoms with Gasteiger partial charge in [0, 0.05) is 24.9 Å². The van der Waals surface area contributed by atoms with E-state index in [1.807, 2.05) is 46.9 Å². The number of pyridine rings is 1. The number of hydrogen-bond donors (Lipinski definition) is 1. The summed E-state index contributed by atoms with van der Waals surface area (Å²) < 4.78 is 12.1. The number of aliphatic hydroxyl groups is 1. The van der Waals surface area contributed by atoms with E-state index in [4.69, 9.17) is 14.4 Å². The molecule has 0 bridgehead atoms. The molecule has 1 aromatic heterocycles. The first-order valence-electron chi connectivity index (χ1n) is 6.69. The maximum Gasteiger partial charge on any atom is 0.495 e. The molecule has 104 valence electrons. The summed E-state index contributed by atoms with van der Waals surface area (Å²) in [5, 5.41) is 9.01. The number of aromatic nitrogens is 1. The summed E-state index contributed by atoms with van der Waals surface area (Å²) in [5.74, 6) is 0. The van der Waals surface area contributed by atoms with E-state index < -0.39 is 0 Å². The van der Waals surface area contributed by atoms with Crippen molar-refractivity contribution in [3.05, 3.63) is 23.5 Å². The number of rotatable bonds is 3. The summed E-state index contributed by atoms with van der Waals surface area (Å²) in [6.07, 6.45) is 2.36. The van der Waals surface area contributed by atoms with Gasteiger partial charge in [0.1, 0.15) is 0 Å². The summed E-state index contributed by atoms with van der Waals surface area (Å²) in [4.78, 5) is 4.30. The van der Waals surface area contributed by atoms with E-state index in [0.717, 1.165) is 16.7 Å². The third-order valence-electron chi connectivity index (χ3n) is 4.08. The SMILES string of the molecule is Cc1cnc(CCO)cc1B1OC(C)(C)C(C)(C)O1. The lowest BCUT2D eigenvalue weighted by molar-refractivity contribution is 0.00578. The van der Waals surface area contributed by atoms with Crippen molar-refractivity contribution in [2.45, 2.75) is 52.2 Å². The van der Waals surface area contributed by atoms with E-state index in [1.54, 1.807) is 0 Å². The van der Waals surface area contributed by atoms with Gasteiger partial charge in [0.15, 0.2) is 0 Å². The molecule has 0 atom stereocenters. The second-order valence-corrected chi connectivity index (χ2v) is 6.09. The van der Waals surface area contributed by atoms with Gasteiger partial charge < -0.3 is 14.4 Å². The molecule has 1 N–H and O–H groups in total. The highest BCUT2D eigenvalue weighted by Crippen LogP contribution is 2.36. The van der Waals surface area contributed by atoms with Crippen LogP contribution in [0.4, 0.5) is 0 Å². The molecule has 0 saturated carbocycles. The van der Waals surface area contributed by atoms with Gasteiger partial charge in [-0.15, -0.1) is 0 Å². The molecular formula is C14H22BNO3. The molecule has 1 aromatic rings. The summed E-state index contributed by atoms with van der Waals surface area (Å²) >= 11 is 0. The molecule has 1 aliphatic heterocycles. The highest BCUT2D eigenvalue weighted by Gasteiger charge is 2.52.